The monoisotopic (exact) mass is 274 g/mol. The van der Waals surface area contributed by atoms with E-state index in [1.165, 1.54) is 55.3 Å². The van der Waals surface area contributed by atoms with Gasteiger partial charge in [-0.3, -0.25) is 0 Å². The van der Waals surface area contributed by atoms with Gasteiger partial charge in [-0.05, 0) is 38.3 Å². The van der Waals surface area contributed by atoms with Crippen LogP contribution in [0, 0.1) is 13.8 Å². The Bertz CT molecular complexity index is 406. The van der Waals surface area contributed by atoms with Gasteiger partial charge in [-0.15, -0.1) is 0 Å². The molecule has 112 valence electrons. The Labute approximate surface area is 124 Å². The van der Waals surface area contributed by atoms with Gasteiger partial charge in [-0.25, -0.2) is 0 Å². The third kappa shape index (κ3) is 4.52. The second-order valence-electron chi connectivity index (χ2n) is 6.35. The maximum atomic E-state index is 3.75. The number of likely N-dealkylation sites (N-methyl/N-ethyl adjacent to an activating group) is 1. The van der Waals surface area contributed by atoms with Gasteiger partial charge in [0.25, 0.3) is 0 Å². The van der Waals surface area contributed by atoms with Crippen molar-refractivity contribution < 1.29 is 0 Å². The predicted octanol–water partition coefficient (Wildman–Crippen LogP) is 4.05. The molecule has 1 N–H and O–H groups in total. The molecule has 0 unspecified atom stereocenters. The zero-order valence-corrected chi connectivity index (χ0v) is 13.4. The SMILES string of the molecule is Cc1ccc(N(C)CCNC2CCCCCC2)c(C)c1. The van der Waals surface area contributed by atoms with Crippen LogP contribution in [0.3, 0.4) is 0 Å². The summed E-state index contributed by atoms with van der Waals surface area (Å²) in [5, 5.41) is 3.75. The molecule has 20 heavy (non-hydrogen) atoms. The standard InChI is InChI=1S/C18H30N2/c1-15-10-11-18(16(2)14-15)20(3)13-12-19-17-8-6-4-5-7-9-17/h10-11,14,17,19H,4-9,12-13H2,1-3H3. The summed E-state index contributed by atoms with van der Waals surface area (Å²) >= 11 is 0. The molecule has 1 saturated carbocycles. The first-order chi connectivity index (χ1) is 9.66. The molecule has 0 aromatic heterocycles. The first kappa shape index (κ1) is 15.4. The van der Waals surface area contributed by atoms with Gasteiger partial charge in [0.15, 0.2) is 0 Å². The number of hydrogen-bond donors (Lipinski definition) is 1. The number of hydrogen-bond acceptors (Lipinski definition) is 2. The van der Waals surface area contributed by atoms with Crippen LogP contribution in [0.2, 0.25) is 0 Å². The van der Waals surface area contributed by atoms with Crippen molar-refractivity contribution in [2.45, 2.75) is 58.4 Å². The highest BCUT2D eigenvalue weighted by Crippen LogP contribution is 2.20. The summed E-state index contributed by atoms with van der Waals surface area (Å²) in [5.41, 5.74) is 4.08. The minimum atomic E-state index is 0.755. The van der Waals surface area contributed by atoms with Gasteiger partial charge in [-0.1, -0.05) is 43.4 Å². The summed E-state index contributed by atoms with van der Waals surface area (Å²) < 4.78 is 0. The number of nitrogens with one attached hydrogen (secondary N) is 1. The van der Waals surface area contributed by atoms with Crippen molar-refractivity contribution in [1.82, 2.24) is 5.32 Å². The maximum absolute atomic E-state index is 3.75. The van der Waals surface area contributed by atoms with Gasteiger partial charge in [0.05, 0.1) is 0 Å². The Morgan fingerprint density at radius 3 is 2.45 bits per heavy atom. The second kappa shape index (κ2) is 7.68. The molecule has 2 heteroatoms. The number of anilines is 1. The fourth-order valence-electron chi connectivity index (χ4n) is 3.27. The molecule has 2 rings (SSSR count). The van der Waals surface area contributed by atoms with E-state index in [9.17, 15) is 0 Å². The Balaban J connectivity index is 1.78. The van der Waals surface area contributed by atoms with Gasteiger partial charge >= 0.3 is 0 Å². The average molecular weight is 274 g/mol. The molecule has 1 fully saturated rings. The van der Waals surface area contributed by atoms with Crippen LogP contribution in [0.1, 0.15) is 49.7 Å². The van der Waals surface area contributed by atoms with Crippen molar-refractivity contribution in [2.75, 3.05) is 25.0 Å². The summed E-state index contributed by atoms with van der Waals surface area (Å²) in [6.07, 6.45) is 8.41. The molecule has 1 aromatic rings. The molecule has 0 bridgehead atoms. The highest BCUT2D eigenvalue weighted by Gasteiger charge is 2.11. The third-order valence-corrected chi connectivity index (χ3v) is 4.50. The molecule has 1 aliphatic rings. The van der Waals surface area contributed by atoms with Crippen molar-refractivity contribution in [3.8, 4) is 0 Å². The first-order valence-electron chi connectivity index (χ1n) is 8.18. The molecular formula is C18H30N2. The highest BCUT2D eigenvalue weighted by atomic mass is 15.1. The van der Waals surface area contributed by atoms with E-state index >= 15 is 0 Å². The molecule has 0 atom stereocenters. The summed E-state index contributed by atoms with van der Waals surface area (Å²) in [7, 11) is 2.20. The molecular weight excluding hydrogens is 244 g/mol. The molecule has 0 spiro atoms. The fraction of sp³-hybridized carbons (Fsp3) is 0.667. The number of aryl methyl sites for hydroxylation is 2. The van der Waals surface area contributed by atoms with E-state index in [0.717, 1.165) is 19.1 Å². The number of nitrogens with zero attached hydrogens (tertiary/aromatic N) is 1. The minimum absolute atomic E-state index is 0.755. The lowest BCUT2D eigenvalue weighted by atomic mass is 10.1. The normalized spacial score (nSPS) is 16.9. The minimum Gasteiger partial charge on any atom is -0.373 e. The Hall–Kier alpha value is -1.02. The van der Waals surface area contributed by atoms with Gasteiger partial charge in [0.2, 0.25) is 0 Å². The summed E-state index contributed by atoms with van der Waals surface area (Å²) in [6.45, 7) is 6.54. The van der Waals surface area contributed by atoms with E-state index in [-0.39, 0.29) is 0 Å². The van der Waals surface area contributed by atoms with Crippen LogP contribution in [0.25, 0.3) is 0 Å². The van der Waals surface area contributed by atoms with E-state index < -0.39 is 0 Å². The lowest BCUT2D eigenvalue weighted by Gasteiger charge is -2.24. The quantitative estimate of drug-likeness (QED) is 0.815. The number of rotatable bonds is 5. The molecule has 1 aliphatic carbocycles. The van der Waals surface area contributed by atoms with Crippen LogP contribution in [0.4, 0.5) is 5.69 Å². The highest BCUT2D eigenvalue weighted by molar-refractivity contribution is 5.53. The summed E-state index contributed by atoms with van der Waals surface area (Å²) in [6, 6.07) is 7.48. The van der Waals surface area contributed by atoms with Crippen molar-refractivity contribution in [3.05, 3.63) is 29.3 Å². The van der Waals surface area contributed by atoms with Crippen LogP contribution >= 0.6 is 0 Å². The molecule has 0 radical (unpaired) electrons. The zero-order valence-electron chi connectivity index (χ0n) is 13.4. The van der Waals surface area contributed by atoms with Crippen molar-refractivity contribution in [1.29, 1.82) is 0 Å². The topological polar surface area (TPSA) is 15.3 Å². The Morgan fingerprint density at radius 2 is 1.80 bits per heavy atom. The van der Waals surface area contributed by atoms with E-state index in [1.807, 2.05) is 0 Å². The van der Waals surface area contributed by atoms with Gasteiger partial charge in [0.1, 0.15) is 0 Å². The first-order valence-corrected chi connectivity index (χ1v) is 8.18. The zero-order chi connectivity index (χ0) is 14.4. The van der Waals surface area contributed by atoms with Crippen LogP contribution in [-0.2, 0) is 0 Å². The molecule has 1 aromatic carbocycles. The van der Waals surface area contributed by atoms with Crippen molar-refractivity contribution in [2.24, 2.45) is 0 Å². The van der Waals surface area contributed by atoms with E-state index in [0.29, 0.717) is 0 Å². The lowest BCUT2D eigenvalue weighted by molar-refractivity contribution is 0.464. The van der Waals surface area contributed by atoms with Crippen molar-refractivity contribution >= 4 is 5.69 Å². The largest absolute Gasteiger partial charge is 0.373 e. The van der Waals surface area contributed by atoms with Crippen LogP contribution in [-0.4, -0.2) is 26.2 Å². The molecule has 0 aliphatic heterocycles. The Morgan fingerprint density at radius 1 is 1.10 bits per heavy atom. The Kier molecular flexibility index (Phi) is 5.90. The second-order valence-corrected chi connectivity index (χ2v) is 6.35. The van der Waals surface area contributed by atoms with E-state index in [4.69, 9.17) is 0 Å². The molecule has 0 heterocycles. The smallest absolute Gasteiger partial charge is 0.0393 e. The van der Waals surface area contributed by atoms with E-state index in [2.05, 4.69) is 49.3 Å². The van der Waals surface area contributed by atoms with Gasteiger partial charge in [0, 0.05) is 31.9 Å². The molecule has 2 nitrogen and oxygen atoms in total. The van der Waals surface area contributed by atoms with Gasteiger partial charge in [-0.2, -0.15) is 0 Å². The third-order valence-electron chi connectivity index (χ3n) is 4.50. The number of benzene rings is 1. The predicted molar refractivity (Wildman–Crippen MR) is 88.7 cm³/mol. The van der Waals surface area contributed by atoms with Crippen LogP contribution in [0.5, 0.6) is 0 Å². The van der Waals surface area contributed by atoms with Crippen molar-refractivity contribution in [3.63, 3.8) is 0 Å². The van der Waals surface area contributed by atoms with Crippen LogP contribution in [0.15, 0.2) is 18.2 Å². The maximum Gasteiger partial charge on any atom is 0.0393 e. The van der Waals surface area contributed by atoms with E-state index in [1.54, 1.807) is 0 Å². The van der Waals surface area contributed by atoms with Crippen LogP contribution < -0.4 is 10.2 Å². The molecule has 0 amide bonds. The van der Waals surface area contributed by atoms with Gasteiger partial charge < -0.3 is 10.2 Å². The summed E-state index contributed by atoms with van der Waals surface area (Å²) in [4.78, 5) is 2.37. The molecule has 0 saturated heterocycles. The summed E-state index contributed by atoms with van der Waals surface area (Å²) in [5.74, 6) is 0. The lowest BCUT2D eigenvalue weighted by Crippen LogP contribution is -2.35. The average Bonchev–Trinajstić information content (AvgIpc) is 2.67. The fourth-order valence-corrected chi connectivity index (χ4v) is 3.27.